The van der Waals surface area contributed by atoms with Crippen molar-refractivity contribution in [2.75, 3.05) is 20.1 Å². The molecule has 2 amide bonds. The summed E-state index contributed by atoms with van der Waals surface area (Å²) >= 11 is 0. The Labute approximate surface area is 124 Å². The van der Waals surface area contributed by atoms with Crippen molar-refractivity contribution in [2.24, 2.45) is 5.73 Å². The molecule has 0 saturated heterocycles. The molecule has 0 spiro atoms. The number of nitrogens with one attached hydrogen (secondary N) is 2. The highest BCUT2D eigenvalue weighted by Crippen LogP contribution is 2.06. The maximum absolute atomic E-state index is 11.4. The summed E-state index contributed by atoms with van der Waals surface area (Å²) in [6.07, 6.45) is 8.65. The summed E-state index contributed by atoms with van der Waals surface area (Å²) in [7, 11) is 1.50. The van der Waals surface area contributed by atoms with Crippen molar-refractivity contribution in [2.45, 2.75) is 65.2 Å². The van der Waals surface area contributed by atoms with Crippen LogP contribution in [0.3, 0.4) is 0 Å². The van der Waals surface area contributed by atoms with Crippen molar-refractivity contribution in [1.29, 1.82) is 0 Å². The van der Waals surface area contributed by atoms with E-state index in [1.807, 2.05) is 0 Å². The molecule has 0 rings (SSSR count). The molecule has 20 heavy (non-hydrogen) atoms. The van der Waals surface area contributed by atoms with E-state index >= 15 is 0 Å². The van der Waals surface area contributed by atoms with E-state index in [1.165, 1.54) is 39.7 Å². The third-order valence-corrected chi connectivity index (χ3v) is 2.81. The van der Waals surface area contributed by atoms with E-state index in [9.17, 15) is 9.59 Å². The fourth-order valence-corrected chi connectivity index (χ4v) is 1.73. The normalized spacial score (nSPS) is 9.40. The van der Waals surface area contributed by atoms with Crippen LogP contribution >= 0.6 is 0 Å². The standard InChI is InChI=1S/C14H28N2O2.CH5N/c1-3-4-5-6-7-8-10-14(18)16-12-9-11-15-13(2)17;1-2/h3-12H2,1-2H3,(H,15,17)(H,16,18);2H2,1H3. The quantitative estimate of drug-likeness (QED) is 0.508. The van der Waals surface area contributed by atoms with E-state index in [2.05, 4.69) is 23.3 Å². The highest BCUT2D eigenvalue weighted by molar-refractivity contribution is 5.75. The average Bonchev–Trinajstić information content (AvgIpc) is 2.44. The summed E-state index contributed by atoms with van der Waals surface area (Å²) in [5, 5.41) is 5.57. The molecule has 0 radical (unpaired) electrons. The molecule has 0 aliphatic heterocycles. The second-order valence-corrected chi connectivity index (χ2v) is 4.70. The predicted molar refractivity (Wildman–Crippen MR) is 84.4 cm³/mol. The largest absolute Gasteiger partial charge is 0.356 e. The van der Waals surface area contributed by atoms with Gasteiger partial charge in [0.2, 0.25) is 11.8 Å². The monoisotopic (exact) mass is 287 g/mol. The number of amides is 2. The van der Waals surface area contributed by atoms with Gasteiger partial charge in [0.1, 0.15) is 0 Å². The van der Waals surface area contributed by atoms with Crippen LogP contribution in [-0.4, -0.2) is 32.0 Å². The van der Waals surface area contributed by atoms with Crippen molar-refractivity contribution in [1.82, 2.24) is 10.6 Å². The Morgan fingerprint density at radius 3 is 2.00 bits per heavy atom. The minimum absolute atomic E-state index is 0.0200. The van der Waals surface area contributed by atoms with Crippen LogP contribution in [0.1, 0.15) is 65.2 Å². The number of carbonyl (C=O) groups is 2. The van der Waals surface area contributed by atoms with Crippen LogP contribution in [0.2, 0.25) is 0 Å². The van der Waals surface area contributed by atoms with Gasteiger partial charge in [-0.1, -0.05) is 39.0 Å². The number of hydrogen-bond donors (Lipinski definition) is 3. The fourth-order valence-electron chi connectivity index (χ4n) is 1.73. The smallest absolute Gasteiger partial charge is 0.219 e. The zero-order valence-electron chi connectivity index (χ0n) is 13.5. The van der Waals surface area contributed by atoms with Gasteiger partial charge in [0.15, 0.2) is 0 Å². The molecule has 0 aromatic rings. The van der Waals surface area contributed by atoms with E-state index in [-0.39, 0.29) is 11.8 Å². The second kappa shape index (κ2) is 17.9. The summed E-state index contributed by atoms with van der Waals surface area (Å²) in [6, 6.07) is 0. The van der Waals surface area contributed by atoms with Gasteiger partial charge < -0.3 is 16.4 Å². The molecule has 120 valence electrons. The number of carbonyl (C=O) groups excluding carboxylic acids is 2. The Balaban J connectivity index is 0. The Morgan fingerprint density at radius 2 is 1.40 bits per heavy atom. The Morgan fingerprint density at radius 1 is 0.850 bits per heavy atom. The molecule has 0 heterocycles. The topological polar surface area (TPSA) is 84.2 Å². The summed E-state index contributed by atoms with van der Waals surface area (Å²) in [5.74, 6) is 0.113. The molecule has 4 N–H and O–H groups in total. The molecule has 5 heteroatoms. The zero-order chi connectivity index (χ0) is 15.6. The maximum Gasteiger partial charge on any atom is 0.219 e. The van der Waals surface area contributed by atoms with Crippen LogP contribution in [-0.2, 0) is 9.59 Å². The lowest BCUT2D eigenvalue weighted by atomic mass is 10.1. The lowest BCUT2D eigenvalue weighted by Gasteiger charge is -2.05. The van der Waals surface area contributed by atoms with Gasteiger partial charge >= 0.3 is 0 Å². The first kappa shape index (κ1) is 21.2. The number of rotatable bonds is 11. The summed E-state index contributed by atoms with van der Waals surface area (Å²) < 4.78 is 0. The first-order valence-electron chi connectivity index (χ1n) is 7.75. The molecule has 0 fully saturated rings. The highest BCUT2D eigenvalue weighted by atomic mass is 16.2. The van der Waals surface area contributed by atoms with Gasteiger partial charge in [0.05, 0.1) is 0 Å². The van der Waals surface area contributed by atoms with Crippen molar-refractivity contribution < 1.29 is 9.59 Å². The van der Waals surface area contributed by atoms with Gasteiger partial charge in [0.25, 0.3) is 0 Å². The van der Waals surface area contributed by atoms with Crippen LogP contribution < -0.4 is 16.4 Å². The third-order valence-electron chi connectivity index (χ3n) is 2.81. The van der Waals surface area contributed by atoms with Crippen LogP contribution in [0.15, 0.2) is 0 Å². The molecule has 0 aromatic carbocycles. The van der Waals surface area contributed by atoms with Gasteiger partial charge in [-0.25, -0.2) is 0 Å². The molecular weight excluding hydrogens is 254 g/mol. The predicted octanol–water partition coefficient (Wildman–Crippen LogP) is 1.95. The van der Waals surface area contributed by atoms with Crippen molar-refractivity contribution >= 4 is 11.8 Å². The van der Waals surface area contributed by atoms with Gasteiger partial charge in [0, 0.05) is 26.4 Å². The van der Waals surface area contributed by atoms with Crippen LogP contribution in [0.5, 0.6) is 0 Å². The number of unbranched alkanes of at least 4 members (excludes halogenated alkanes) is 5. The first-order valence-corrected chi connectivity index (χ1v) is 7.75. The molecule has 5 nitrogen and oxygen atoms in total. The average molecular weight is 287 g/mol. The Bertz CT molecular complexity index is 233. The molecule has 0 unspecified atom stereocenters. The van der Waals surface area contributed by atoms with Crippen LogP contribution in [0.4, 0.5) is 0 Å². The molecule has 0 aliphatic rings. The van der Waals surface area contributed by atoms with E-state index < -0.39 is 0 Å². The SMILES string of the molecule is CCCCCCCCC(=O)NCCCNC(C)=O.CN. The van der Waals surface area contributed by atoms with Crippen LogP contribution in [0.25, 0.3) is 0 Å². The van der Waals surface area contributed by atoms with E-state index in [1.54, 1.807) is 0 Å². The highest BCUT2D eigenvalue weighted by Gasteiger charge is 2.00. The molecule has 0 bridgehead atoms. The Hall–Kier alpha value is -1.10. The number of hydrogen-bond acceptors (Lipinski definition) is 3. The Kier molecular flexibility index (Phi) is 19.0. The van der Waals surface area contributed by atoms with Crippen molar-refractivity contribution in [3.05, 3.63) is 0 Å². The van der Waals surface area contributed by atoms with Crippen LogP contribution in [0, 0.1) is 0 Å². The first-order chi connectivity index (χ1) is 9.66. The van der Waals surface area contributed by atoms with E-state index in [4.69, 9.17) is 0 Å². The third kappa shape index (κ3) is 19.2. The summed E-state index contributed by atoms with van der Waals surface area (Å²) in [4.78, 5) is 22.0. The second-order valence-electron chi connectivity index (χ2n) is 4.70. The molecule has 0 atom stereocenters. The van der Waals surface area contributed by atoms with Crippen molar-refractivity contribution in [3.63, 3.8) is 0 Å². The molecule has 0 saturated carbocycles. The molecule has 0 aromatic heterocycles. The minimum atomic E-state index is -0.0200. The van der Waals surface area contributed by atoms with Gasteiger partial charge in [-0.05, 0) is 19.9 Å². The minimum Gasteiger partial charge on any atom is -0.356 e. The van der Waals surface area contributed by atoms with E-state index in [0.29, 0.717) is 19.5 Å². The lowest BCUT2D eigenvalue weighted by Crippen LogP contribution is -2.28. The number of nitrogens with two attached hydrogens (primary N) is 1. The maximum atomic E-state index is 11.4. The molecular formula is C15H33N3O2. The van der Waals surface area contributed by atoms with E-state index in [0.717, 1.165) is 19.3 Å². The fraction of sp³-hybridized carbons (Fsp3) is 0.867. The summed E-state index contributed by atoms with van der Waals surface area (Å²) in [6.45, 7) is 4.98. The lowest BCUT2D eigenvalue weighted by molar-refractivity contribution is -0.121. The summed E-state index contributed by atoms with van der Waals surface area (Å²) in [5.41, 5.74) is 4.50. The van der Waals surface area contributed by atoms with Gasteiger partial charge in [-0.2, -0.15) is 0 Å². The zero-order valence-corrected chi connectivity index (χ0v) is 13.5. The van der Waals surface area contributed by atoms with Crippen molar-refractivity contribution in [3.8, 4) is 0 Å². The van der Waals surface area contributed by atoms with Gasteiger partial charge in [-0.3, -0.25) is 9.59 Å². The van der Waals surface area contributed by atoms with Gasteiger partial charge in [-0.15, -0.1) is 0 Å². The molecule has 0 aliphatic carbocycles.